The lowest BCUT2D eigenvalue weighted by Crippen LogP contribution is -2.55. The van der Waals surface area contributed by atoms with Crippen molar-refractivity contribution in [3.8, 4) is 0 Å². The molecular formula is C19H36N2O6. The maximum absolute atomic E-state index is 12.5. The normalized spacial score (nSPS) is 18.0. The Kier molecular flexibility index (Phi) is 10.8. The minimum atomic E-state index is -1.68. The molecule has 0 unspecified atom stereocenters. The van der Waals surface area contributed by atoms with Crippen molar-refractivity contribution >= 4 is 11.8 Å². The van der Waals surface area contributed by atoms with E-state index in [1.54, 1.807) is 6.08 Å². The van der Waals surface area contributed by atoms with Crippen LogP contribution in [0, 0.1) is 11.3 Å². The highest BCUT2D eigenvalue weighted by Gasteiger charge is 2.36. The van der Waals surface area contributed by atoms with Crippen LogP contribution in [0.1, 0.15) is 41.0 Å². The fourth-order valence-electron chi connectivity index (χ4n) is 2.41. The van der Waals surface area contributed by atoms with Gasteiger partial charge in [0.1, 0.15) is 24.4 Å². The Hall–Kier alpha value is -1.48. The third-order valence-electron chi connectivity index (χ3n) is 3.90. The lowest BCUT2D eigenvalue weighted by molar-refractivity contribution is -0.150. The standard InChI is InChI=1S/C19H36N2O6/c1-11(2)10-12(17(25)20-6)21-18(26)16(27-7)15(24)14(23)13(22)8-9-19(3,4)5/h8-9,11-16,22-24H,10H2,1-7H3,(H,20,25)(H,21,26)/b9-8+/t12-,13+,14-,15+,16+/m0/s1. The van der Waals surface area contributed by atoms with E-state index in [0.29, 0.717) is 6.42 Å². The van der Waals surface area contributed by atoms with E-state index in [-0.39, 0.29) is 17.2 Å². The molecule has 0 spiro atoms. The van der Waals surface area contributed by atoms with Crippen molar-refractivity contribution in [2.24, 2.45) is 11.3 Å². The summed E-state index contributed by atoms with van der Waals surface area (Å²) in [5, 5.41) is 35.6. The predicted octanol–water partition coefficient (Wildman–Crippen LogP) is -0.0367. The maximum Gasteiger partial charge on any atom is 0.252 e. The molecule has 5 atom stereocenters. The topological polar surface area (TPSA) is 128 Å². The molecule has 0 aromatic rings. The summed E-state index contributed by atoms with van der Waals surface area (Å²) in [7, 11) is 2.67. The molecule has 0 fully saturated rings. The Bertz CT molecular complexity index is 501. The van der Waals surface area contributed by atoms with Gasteiger partial charge >= 0.3 is 0 Å². The van der Waals surface area contributed by atoms with Crippen LogP contribution in [0.2, 0.25) is 0 Å². The van der Waals surface area contributed by atoms with Gasteiger partial charge in [0.2, 0.25) is 5.91 Å². The number of likely N-dealkylation sites (N-methyl/N-ethyl adjacent to an activating group) is 1. The third-order valence-corrected chi connectivity index (χ3v) is 3.90. The van der Waals surface area contributed by atoms with E-state index >= 15 is 0 Å². The first-order valence-corrected chi connectivity index (χ1v) is 9.12. The first-order valence-electron chi connectivity index (χ1n) is 9.12. The number of allylic oxidation sites excluding steroid dienone is 1. The Balaban J connectivity index is 5.17. The number of aliphatic hydroxyl groups excluding tert-OH is 3. The monoisotopic (exact) mass is 388 g/mol. The van der Waals surface area contributed by atoms with Crippen molar-refractivity contribution in [3.63, 3.8) is 0 Å². The van der Waals surface area contributed by atoms with E-state index in [1.165, 1.54) is 20.2 Å². The molecular weight excluding hydrogens is 352 g/mol. The van der Waals surface area contributed by atoms with E-state index in [4.69, 9.17) is 4.74 Å². The molecule has 0 aliphatic rings. The summed E-state index contributed by atoms with van der Waals surface area (Å²) < 4.78 is 5.02. The summed E-state index contributed by atoms with van der Waals surface area (Å²) in [6.07, 6.45) is -2.68. The lowest BCUT2D eigenvalue weighted by atomic mass is 9.94. The van der Waals surface area contributed by atoms with E-state index in [0.717, 1.165) is 0 Å². The van der Waals surface area contributed by atoms with Crippen molar-refractivity contribution < 1.29 is 29.6 Å². The Morgan fingerprint density at radius 2 is 1.63 bits per heavy atom. The maximum atomic E-state index is 12.5. The lowest BCUT2D eigenvalue weighted by Gasteiger charge is -2.29. The Morgan fingerprint density at radius 3 is 2.04 bits per heavy atom. The molecule has 8 nitrogen and oxygen atoms in total. The summed E-state index contributed by atoms with van der Waals surface area (Å²) in [5.41, 5.74) is -0.221. The zero-order valence-electron chi connectivity index (χ0n) is 17.4. The number of hydrogen-bond acceptors (Lipinski definition) is 6. The molecule has 27 heavy (non-hydrogen) atoms. The molecule has 0 radical (unpaired) electrons. The molecule has 5 N–H and O–H groups in total. The van der Waals surface area contributed by atoms with Gasteiger partial charge in [0, 0.05) is 14.2 Å². The van der Waals surface area contributed by atoms with Crippen molar-refractivity contribution in [2.45, 2.75) is 71.5 Å². The van der Waals surface area contributed by atoms with Crippen LogP contribution in [-0.4, -0.2) is 71.7 Å². The third kappa shape index (κ3) is 9.32. The molecule has 2 amide bonds. The Morgan fingerprint density at radius 1 is 1.07 bits per heavy atom. The fourth-order valence-corrected chi connectivity index (χ4v) is 2.41. The average Bonchev–Trinajstić information content (AvgIpc) is 2.56. The van der Waals surface area contributed by atoms with E-state index in [1.807, 2.05) is 34.6 Å². The number of nitrogens with one attached hydrogen (secondary N) is 2. The van der Waals surface area contributed by atoms with Crippen LogP contribution in [0.15, 0.2) is 12.2 Å². The molecule has 0 rings (SSSR count). The smallest absolute Gasteiger partial charge is 0.252 e. The molecule has 0 heterocycles. The van der Waals surface area contributed by atoms with Crippen LogP contribution < -0.4 is 10.6 Å². The number of amides is 2. The van der Waals surface area contributed by atoms with Crippen LogP contribution in [-0.2, 0) is 14.3 Å². The number of ether oxygens (including phenoxy) is 1. The van der Waals surface area contributed by atoms with Crippen LogP contribution in [0.5, 0.6) is 0 Å². The fraction of sp³-hybridized carbons (Fsp3) is 0.789. The molecule has 0 saturated heterocycles. The largest absolute Gasteiger partial charge is 0.387 e. The Labute approximate surface area is 162 Å². The minimum Gasteiger partial charge on any atom is -0.387 e. The summed E-state index contributed by atoms with van der Waals surface area (Å²) in [5.74, 6) is -0.964. The number of carbonyl (C=O) groups is 2. The SMILES string of the molecule is CNC(=O)[C@H](CC(C)C)NC(=O)[C@H](OC)[C@H](O)[C@@H](O)[C@H](O)/C=C/C(C)(C)C. The summed E-state index contributed by atoms with van der Waals surface area (Å²) in [6, 6.07) is -0.796. The average molecular weight is 389 g/mol. The van der Waals surface area contributed by atoms with Gasteiger partial charge in [-0.3, -0.25) is 9.59 Å². The highest BCUT2D eigenvalue weighted by molar-refractivity contribution is 5.89. The van der Waals surface area contributed by atoms with Crippen molar-refractivity contribution in [3.05, 3.63) is 12.2 Å². The molecule has 0 aliphatic carbocycles. The molecule has 0 bridgehead atoms. The molecule has 0 saturated carbocycles. The van der Waals surface area contributed by atoms with Crippen LogP contribution in [0.25, 0.3) is 0 Å². The number of rotatable bonds is 10. The van der Waals surface area contributed by atoms with Gasteiger partial charge < -0.3 is 30.7 Å². The molecule has 8 heteroatoms. The zero-order valence-corrected chi connectivity index (χ0v) is 17.4. The molecule has 0 aromatic carbocycles. The summed E-state index contributed by atoms with van der Waals surface area (Å²) in [4.78, 5) is 24.4. The molecule has 0 aromatic heterocycles. The second-order valence-corrected chi connectivity index (χ2v) is 8.16. The van der Waals surface area contributed by atoms with Crippen molar-refractivity contribution in [1.82, 2.24) is 10.6 Å². The van der Waals surface area contributed by atoms with Gasteiger partial charge in [0.25, 0.3) is 5.91 Å². The van der Waals surface area contributed by atoms with Gasteiger partial charge in [0.15, 0.2) is 6.10 Å². The zero-order chi connectivity index (χ0) is 21.4. The summed E-state index contributed by atoms with van der Waals surface area (Å²) >= 11 is 0. The minimum absolute atomic E-state index is 0.147. The number of aliphatic hydroxyl groups is 3. The highest BCUT2D eigenvalue weighted by atomic mass is 16.5. The van der Waals surface area contributed by atoms with Crippen LogP contribution >= 0.6 is 0 Å². The predicted molar refractivity (Wildman–Crippen MR) is 103 cm³/mol. The van der Waals surface area contributed by atoms with E-state index < -0.39 is 36.4 Å². The van der Waals surface area contributed by atoms with Gasteiger partial charge in [-0.2, -0.15) is 0 Å². The van der Waals surface area contributed by atoms with Crippen LogP contribution in [0.4, 0.5) is 0 Å². The van der Waals surface area contributed by atoms with E-state index in [2.05, 4.69) is 10.6 Å². The number of carbonyl (C=O) groups excluding carboxylic acids is 2. The second-order valence-electron chi connectivity index (χ2n) is 8.16. The highest BCUT2D eigenvalue weighted by Crippen LogP contribution is 2.17. The van der Waals surface area contributed by atoms with Gasteiger partial charge in [-0.15, -0.1) is 0 Å². The van der Waals surface area contributed by atoms with Crippen molar-refractivity contribution in [1.29, 1.82) is 0 Å². The van der Waals surface area contributed by atoms with Gasteiger partial charge in [0.05, 0.1) is 0 Å². The number of methoxy groups -OCH3 is 1. The van der Waals surface area contributed by atoms with Crippen molar-refractivity contribution in [2.75, 3.05) is 14.2 Å². The van der Waals surface area contributed by atoms with E-state index in [9.17, 15) is 24.9 Å². The first-order chi connectivity index (χ1) is 12.3. The quantitative estimate of drug-likeness (QED) is 0.334. The second kappa shape index (κ2) is 11.4. The van der Waals surface area contributed by atoms with Gasteiger partial charge in [-0.1, -0.05) is 46.8 Å². The van der Waals surface area contributed by atoms with Gasteiger partial charge in [-0.05, 0) is 17.8 Å². The molecule has 158 valence electrons. The van der Waals surface area contributed by atoms with Crippen LogP contribution in [0.3, 0.4) is 0 Å². The summed E-state index contributed by atoms with van der Waals surface area (Å²) in [6.45, 7) is 9.56. The molecule has 0 aliphatic heterocycles. The number of hydrogen-bond donors (Lipinski definition) is 5. The first kappa shape index (κ1) is 25.5. The van der Waals surface area contributed by atoms with Gasteiger partial charge in [-0.25, -0.2) is 0 Å².